The molecule has 1 aliphatic rings. The van der Waals surface area contributed by atoms with Crippen molar-refractivity contribution >= 4 is 11.6 Å². The zero-order valence-electron chi connectivity index (χ0n) is 9.60. The van der Waals surface area contributed by atoms with E-state index >= 15 is 0 Å². The Hall–Kier alpha value is -0.570. The highest BCUT2D eigenvalue weighted by atomic mass is 35.5. The van der Waals surface area contributed by atoms with Gasteiger partial charge < -0.3 is 4.74 Å². The minimum absolute atomic E-state index is 0.175. The van der Waals surface area contributed by atoms with Crippen LogP contribution in [0, 0.1) is 0 Å². The maximum absolute atomic E-state index is 5.86. The molecule has 2 rings (SSSR count). The largest absolute Gasteiger partial charge is 0.371 e. The molecule has 0 aliphatic carbocycles. The van der Waals surface area contributed by atoms with Gasteiger partial charge in [-0.2, -0.15) is 0 Å². The average Bonchev–Trinajstić information content (AvgIpc) is 2.29. The van der Waals surface area contributed by atoms with Gasteiger partial charge in [0.05, 0.1) is 12.2 Å². The van der Waals surface area contributed by atoms with Gasteiger partial charge in [0.1, 0.15) is 0 Å². The normalized spacial score (nSPS) is 26.9. The number of alkyl halides is 1. The summed E-state index contributed by atoms with van der Waals surface area (Å²) < 4.78 is 5.73. The van der Waals surface area contributed by atoms with E-state index in [-0.39, 0.29) is 12.2 Å². The molecule has 1 saturated heterocycles. The van der Waals surface area contributed by atoms with E-state index < -0.39 is 0 Å². The van der Waals surface area contributed by atoms with E-state index in [0.29, 0.717) is 5.88 Å². The number of halogens is 1. The molecular formula is C13H18ClNO. The van der Waals surface area contributed by atoms with Crippen molar-refractivity contribution in [3.8, 4) is 0 Å². The molecule has 0 bridgehead atoms. The van der Waals surface area contributed by atoms with E-state index in [9.17, 15) is 0 Å². The number of hydrogen-bond donors (Lipinski definition) is 0. The van der Waals surface area contributed by atoms with E-state index in [1.165, 1.54) is 5.56 Å². The molecule has 2 atom stereocenters. The van der Waals surface area contributed by atoms with Crippen molar-refractivity contribution in [3.05, 3.63) is 35.9 Å². The van der Waals surface area contributed by atoms with Crippen molar-refractivity contribution in [2.45, 2.75) is 25.7 Å². The van der Waals surface area contributed by atoms with Gasteiger partial charge in [-0.3, -0.25) is 4.90 Å². The van der Waals surface area contributed by atoms with Gasteiger partial charge in [-0.15, -0.1) is 11.6 Å². The van der Waals surface area contributed by atoms with Crippen molar-refractivity contribution in [3.63, 3.8) is 0 Å². The molecule has 0 amide bonds. The van der Waals surface area contributed by atoms with Crippen LogP contribution >= 0.6 is 11.6 Å². The molecule has 0 spiro atoms. The van der Waals surface area contributed by atoms with Crippen molar-refractivity contribution in [2.75, 3.05) is 19.0 Å². The molecule has 1 aromatic rings. The molecule has 0 radical (unpaired) electrons. The van der Waals surface area contributed by atoms with E-state index in [1.807, 2.05) is 6.07 Å². The Labute approximate surface area is 102 Å². The third kappa shape index (κ3) is 3.21. The summed E-state index contributed by atoms with van der Waals surface area (Å²) in [6, 6.07) is 10.5. The van der Waals surface area contributed by atoms with Crippen molar-refractivity contribution < 1.29 is 4.74 Å². The lowest BCUT2D eigenvalue weighted by molar-refractivity contribution is -0.0688. The van der Waals surface area contributed by atoms with Crippen LogP contribution in [0.1, 0.15) is 12.5 Å². The van der Waals surface area contributed by atoms with Crippen LogP contribution in [0.25, 0.3) is 0 Å². The van der Waals surface area contributed by atoms with Gasteiger partial charge in [-0.05, 0) is 12.5 Å². The first kappa shape index (κ1) is 11.9. The second kappa shape index (κ2) is 5.67. The Kier molecular flexibility index (Phi) is 4.22. The van der Waals surface area contributed by atoms with Crippen molar-refractivity contribution in [2.24, 2.45) is 0 Å². The number of nitrogens with zero attached hydrogens (tertiary/aromatic N) is 1. The fourth-order valence-electron chi connectivity index (χ4n) is 2.20. The fraction of sp³-hybridized carbons (Fsp3) is 0.538. The zero-order chi connectivity index (χ0) is 11.4. The monoisotopic (exact) mass is 239 g/mol. The highest BCUT2D eigenvalue weighted by molar-refractivity contribution is 6.18. The van der Waals surface area contributed by atoms with Crippen LogP contribution in [0.5, 0.6) is 0 Å². The van der Waals surface area contributed by atoms with Gasteiger partial charge in [0, 0.05) is 25.5 Å². The number of ether oxygens (including phenoxy) is 1. The molecule has 0 N–H and O–H groups in total. The van der Waals surface area contributed by atoms with Gasteiger partial charge >= 0.3 is 0 Å². The lowest BCUT2D eigenvalue weighted by Crippen LogP contribution is -2.46. The molecule has 0 saturated carbocycles. The number of hydrogen-bond acceptors (Lipinski definition) is 2. The van der Waals surface area contributed by atoms with Crippen LogP contribution in [0.3, 0.4) is 0 Å². The molecule has 3 heteroatoms. The van der Waals surface area contributed by atoms with Crippen LogP contribution in [-0.4, -0.2) is 36.1 Å². The lowest BCUT2D eigenvalue weighted by atomic mass is 10.1. The summed E-state index contributed by atoms with van der Waals surface area (Å²) in [5.41, 5.74) is 1.35. The standard InChI is InChI=1S/C13H18ClNO/c1-11-8-15(10-13(7-14)16-11)9-12-5-3-2-4-6-12/h2-6,11,13H,7-10H2,1H3/t11-,13?/m0/s1. The van der Waals surface area contributed by atoms with E-state index in [4.69, 9.17) is 16.3 Å². The molecule has 88 valence electrons. The third-order valence-corrected chi connectivity index (χ3v) is 3.17. The second-order valence-corrected chi connectivity index (χ2v) is 4.71. The second-order valence-electron chi connectivity index (χ2n) is 4.40. The molecule has 16 heavy (non-hydrogen) atoms. The first-order valence-corrected chi connectivity index (χ1v) is 6.29. The highest BCUT2D eigenvalue weighted by Gasteiger charge is 2.24. The van der Waals surface area contributed by atoms with Crippen molar-refractivity contribution in [1.82, 2.24) is 4.90 Å². The topological polar surface area (TPSA) is 12.5 Å². The summed E-state index contributed by atoms with van der Waals surface area (Å²) in [6.07, 6.45) is 0.454. The summed E-state index contributed by atoms with van der Waals surface area (Å²) in [5.74, 6) is 0.579. The number of morpholine rings is 1. The Morgan fingerprint density at radius 3 is 2.75 bits per heavy atom. The SMILES string of the molecule is C[C@H]1CN(Cc2ccccc2)CC(CCl)O1. The Morgan fingerprint density at radius 2 is 2.06 bits per heavy atom. The van der Waals surface area contributed by atoms with E-state index in [1.54, 1.807) is 0 Å². The lowest BCUT2D eigenvalue weighted by Gasteiger charge is -2.36. The fourth-order valence-corrected chi connectivity index (χ4v) is 2.37. The summed E-state index contributed by atoms with van der Waals surface area (Å²) in [4.78, 5) is 2.41. The Bertz CT molecular complexity index is 317. The number of rotatable bonds is 3. The van der Waals surface area contributed by atoms with Gasteiger partial charge in [0.2, 0.25) is 0 Å². The predicted molar refractivity (Wildman–Crippen MR) is 66.8 cm³/mol. The molecular weight excluding hydrogens is 222 g/mol. The maximum atomic E-state index is 5.86. The molecule has 1 unspecified atom stereocenters. The van der Waals surface area contributed by atoms with Crippen LogP contribution < -0.4 is 0 Å². The Balaban J connectivity index is 1.94. The minimum Gasteiger partial charge on any atom is -0.371 e. The summed E-state index contributed by atoms with van der Waals surface area (Å²) in [5, 5.41) is 0. The summed E-state index contributed by atoms with van der Waals surface area (Å²) in [7, 11) is 0. The molecule has 2 nitrogen and oxygen atoms in total. The summed E-state index contributed by atoms with van der Waals surface area (Å²) in [6.45, 7) is 5.02. The van der Waals surface area contributed by atoms with Gasteiger partial charge in [0.25, 0.3) is 0 Å². The smallest absolute Gasteiger partial charge is 0.0841 e. The van der Waals surface area contributed by atoms with Gasteiger partial charge in [0.15, 0.2) is 0 Å². The molecule has 1 aliphatic heterocycles. The minimum atomic E-state index is 0.175. The van der Waals surface area contributed by atoms with Crippen LogP contribution in [0.2, 0.25) is 0 Å². The quantitative estimate of drug-likeness (QED) is 0.752. The maximum Gasteiger partial charge on any atom is 0.0841 e. The van der Waals surface area contributed by atoms with Crippen molar-refractivity contribution in [1.29, 1.82) is 0 Å². The van der Waals surface area contributed by atoms with E-state index in [0.717, 1.165) is 19.6 Å². The zero-order valence-corrected chi connectivity index (χ0v) is 10.4. The molecule has 1 heterocycles. The van der Waals surface area contributed by atoms with Crippen LogP contribution in [0.15, 0.2) is 30.3 Å². The van der Waals surface area contributed by atoms with Crippen LogP contribution in [0.4, 0.5) is 0 Å². The van der Waals surface area contributed by atoms with Gasteiger partial charge in [-0.25, -0.2) is 0 Å². The first-order chi connectivity index (χ1) is 7.78. The van der Waals surface area contributed by atoms with E-state index in [2.05, 4.69) is 36.1 Å². The molecule has 1 aromatic carbocycles. The number of benzene rings is 1. The van der Waals surface area contributed by atoms with Gasteiger partial charge in [-0.1, -0.05) is 30.3 Å². The molecule has 1 fully saturated rings. The Morgan fingerprint density at radius 1 is 1.31 bits per heavy atom. The molecule has 0 aromatic heterocycles. The average molecular weight is 240 g/mol. The summed E-state index contributed by atoms with van der Waals surface area (Å²) >= 11 is 5.86. The third-order valence-electron chi connectivity index (χ3n) is 2.82. The van der Waals surface area contributed by atoms with Crippen LogP contribution in [-0.2, 0) is 11.3 Å². The highest BCUT2D eigenvalue weighted by Crippen LogP contribution is 2.15. The predicted octanol–water partition coefficient (Wildman–Crippen LogP) is 2.51. The first-order valence-electron chi connectivity index (χ1n) is 5.75.